The normalized spacial score (nSPS) is 12.2. The van der Waals surface area contributed by atoms with E-state index < -0.39 is 0 Å². The minimum absolute atomic E-state index is 0.243. The van der Waals surface area contributed by atoms with Crippen molar-refractivity contribution in [3.05, 3.63) is 63.9 Å². The van der Waals surface area contributed by atoms with Gasteiger partial charge in [0.1, 0.15) is 11.6 Å². The smallest absolute Gasteiger partial charge is 0.126 e. The summed E-state index contributed by atoms with van der Waals surface area (Å²) in [6, 6.07) is 9.90. The van der Waals surface area contributed by atoms with Crippen LogP contribution in [0.15, 0.2) is 36.4 Å². The lowest BCUT2D eigenvalue weighted by Crippen LogP contribution is -2.29. The summed E-state index contributed by atoms with van der Waals surface area (Å²) < 4.78 is 18.7. The highest BCUT2D eigenvalue weighted by Gasteiger charge is 2.18. The van der Waals surface area contributed by atoms with Gasteiger partial charge in [-0.15, -0.1) is 0 Å². The van der Waals surface area contributed by atoms with Gasteiger partial charge < -0.3 is 4.74 Å². The molecule has 1 unspecified atom stereocenters. The fourth-order valence-electron chi connectivity index (χ4n) is 2.14. The average Bonchev–Trinajstić information content (AvgIpc) is 2.44. The number of nitrogens with two attached hydrogens (primary N) is 1. The maximum absolute atomic E-state index is 13.4. The first-order chi connectivity index (χ1) is 9.56. The van der Waals surface area contributed by atoms with Gasteiger partial charge in [0.05, 0.1) is 13.2 Å². The fraction of sp³-hybridized carbons (Fsp3) is 0.200. The number of nitrogens with one attached hydrogen (secondary N) is 1. The number of halogens is 2. The van der Waals surface area contributed by atoms with Crippen molar-refractivity contribution in [3.63, 3.8) is 0 Å². The number of methoxy groups -OCH3 is 1. The van der Waals surface area contributed by atoms with Crippen molar-refractivity contribution in [2.24, 2.45) is 5.84 Å². The Balaban J connectivity index is 2.49. The van der Waals surface area contributed by atoms with Crippen LogP contribution >= 0.6 is 11.6 Å². The van der Waals surface area contributed by atoms with Crippen molar-refractivity contribution in [1.82, 2.24) is 5.43 Å². The van der Waals surface area contributed by atoms with E-state index in [0.29, 0.717) is 16.3 Å². The van der Waals surface area contributed by atoms with Crippen molar-refractivity contribution in [3.8, 4) is 5.75 Å². The van der Waals surface area contributed by atoms with Crippen LogP contribution in [0.5, 0.6) is 5.75 Å². The Hall–Kier alpha value is -1.62. The van der Waals surface area contributed by atoms with E-state index in [1.54, 1.807) is 38.3 Å². The lowest BCUT2D eigenvalue weighted by Gasteiger charge is -2.20. The summed E-state index contributed by atoms with van der Waals surface area (Å²) in [4.78, 5) is 0. The van der Waals surface area contributed by atoms with E-state index in [4.69, 9.17) is 22.2 Å². The zero-order valence-corrected chi connectivity index (χ0v) is 12.0. The second-order valence-corrected chi connectivity index (χ2v) is 4.93. The number of hydrogen-bond acceptors (Lipinski definition) is 3. The molecule has 3 N–H and O–H groups in total. The van der Waals surface area contributed by atoms with Crippen molar-refractivity contribution in [2.45, 2.75) is 13.0 Å². The maximum Gasteiger partial charge on any atom is 0.126 e. The molecule has 20 heavy (non-hydrogen) atoms. The summed E-state index contributed by atoms with van der Waals surface area (Å²) in [6.07, 6.45) is 0. The molecule has 3 nitrogen and oxygen atoms in total. The quantitative estimate of drug-likeness (QED) is 0.671. The predicted molar refractivity (Wildman–Crippen MR) is 78.3 cm³/mol. The molecule has 2 aromatic rings. The van der Waals surface area contributed by atoms with Crippen LogP contribution in [0.4, 0.5) is 4.39 Å². The van der Waals surface area contributed by atoms with Gasteiger partial charge in [0.25, 0.3) is 0 Å². The molecule has 5 heteroatoms. The van der Waals surface area contributed by atoms with Crippen LogP contribution in [0.1, 0.15) is 22.7 Å². The zero-order valence-electron chi connectivity index (χ0n) is 11.3. The molecule has 1 atom stereocenters. The van der Waals surface area contributed by atoms with E-state index in [2.05, 4.69) is 5.43 Å². The topological polar surface area (TPSA) is 47.3 Å². The van der Waals surface area contributed by atoms with Gasteiger partial charge in [-0.3, -0.25) is 5.84 Å². The largest absolute Gasteiger partial charge is 0.496 e. The number of benzene rings is 2. The summed E-state index contributed by atoms with van der Waals surface area (Å²) in [5, 5.41) is 0.580. The number of ether oxygens (including phenoxy) is 1. The van der Waals surface area contributed by atoms with Crippen LogP contribution in [0.2, 0.25) is 5.02 Å². The molecule has 0 aliphatic heterocycles. The minimum atomic E-state index is -0.304. The van der Waals surface area contributed by atoms with Gasteiger partial charge in [-0.25, -0.2) is 9.82 Å². The molecule has 106 valence electrons. The van der Waals surface area contributed by atoms with E-state index in [1.165, 1.54) is 6.07 Å². The molecule has 0 aliphatic carbocycles. The first-order valence-electron chi connectivity index (χ1n) is 6.12. The van der Waals surface area contributed by atoms with E-state index in [1.807, 2.05) is 6.07 Å². The van der Waals surface area contributed by atoms with Gasteiger partial charge in [0.2, 0.25) is 0 Å². The first kappa shape index (κ1) is 14.8. The van der Waals surface area contributed by atoms with Crippen LogP contribution < -0.4 is 16.0 Å². The molecule has 2 rings (SSSR count). The molecule has 0 saturated heterocycles. The van der Waals surface area contributed by atoms with Crippen molar-refractivity contribution >= 4 is 11.6 Å². The van der Waals surface area contributed by atoms with Crippen LogP contribution in [-0.4, -0.2) is 7.11 Å². The van der Waals surface area contributed by atoms with Crippen molar-refractivity contribution in [1.29, 1.82) is 0 Å². The molecule has 0 heterocycles. The summed E-state index contributed by atoms with van der Waals surface area (Å²) >= 11 is 5.95. The van der Waals surface area contributed by atoms with E-state index in [9.17, 15) is 4.39 Å². The second kappa shape index (κ2) is 6.22. The lowest BCUT2D eigenvalue weighted by atomic mass is 9.97. The summed E-state index contributed by atoms with van der Waals surface area (Å²) in [6.45, 7) is 1.71. The average molecular weight is 295 g/mol. The Labute approximate surface area is 122 Å². The fourth-order valence-corrected chi connectivity index (χ4v) is 2.30. The van der Waals surface area contributed by atoms with Gasteiger partial charge in [-0.1, -0.05) is 29.8 Å². The second-order valence-electron chi connectivity index (χ2n) is 4.49. The van der Waals surface area contributed by atoms with E-state index in [-0.39, 0.29) is 11.9 Å². The third kappa shape index (κ3) is 2.93. The highest BCUT2D eigenvalue weighted by molar-refractivity contribution is 6.30. The van der Waals surface area contributed by atoms with Crippen LogP contribution in [0, 0.1) is 12.7 Å². The lowest BCUT2D eigenvalue weighted by molar-refractivity contribution is 0.404. The molecule has 0 spiro atoms. The Bertz CT molecular complexity index is 619. The van der Waals surface area contributed by atoms with Gasteiger partial charge in [0, 0.05) is 10.6 Å². The van der Waals surface area contributed by atoms with Crippen molar-refractivity contribution < 1.29 is 9.13 Å². The van der Waals surface area contributed by atoms with Crippen molar-refractivity contribution in [2.75, 3.05) is 7.11 Å². The monoisotopic (exact) mass is 294 g/mol. The SMILES string of the molecule is COc1cc(Cl)ccc1C(NN)c1ccc(F)c(C)c1. The third-order valence-electron chi connectivity index (χ3n) is 3.19. The van der Waals surface area contributed by atoms with E-state index >= 15 is 0 Å². The maximum atomic E-state index is 13.4. The Morgan fingerprint density at radius 2 is 2.00 bits per heavy atom. The van der Waals surface area contributed by atoms with Crippen LogP contribution in [0.25, 0.3) is 0 Å². The molecule has 0 fully saturated rings. The molecular weight excluding hydrogens is 279 g/mol. The van der Waals surface area contributed by atoms with E-state index in [0.717, 1.165) is 11.1 Å². The molecule has 0 bridgehead atoms. The van der Waals surface area contributed by atoms with Gasteiger partial charge in [-0.05, 0) is 36.2 Å². The summed E-state index contributed by atoms with van der Waals surface area (Å²) in [7, 11) is 1.57. The van der Waals surface area contributed by atoms with Gasteiger partial charge >= 0.3 is 0 Å². The van der Waals surface area contributed by atoms with Gasteiger partial charge in [0.15, 0.2) is 0 Å². The molecule has 0 saturated carbocycles. The van der Waals surface area contributed by atoms with Crippen LogP contribution in [-0.2, 0) is 0 Å². The Morgan fingerprint density at radius 3 is 2.60 bits per heavy atom. The standard InChI is InChI=1S/C15H16ClFN2O/c1-9-7-10(3-6-13(9)17)15(19-18)12-5-4-11(16)8-14(12)20-2/h3-8,15,19H,18H2,1-2H3. The minimum Gasteiger partial charge on any atom is -0.496 e. The third-order valence-corrected chi connectivity index (χ3v) is 3.42. The molecule has 2 aromatic carbocycles. The number of aryl methyl sites for hydroxylation is 1. The highest BCUT2D eigenvalue weighted by atomic mass is 35.5. The highest BCUT2D eigenvalue weighted by Crippen LogP contribution is 2.32. The molecule has 0 aliphatic rings. The molecular formula is C15H16ClFN2O. The molecule has 0 aromatic heterocycles. The summed E-state index contributed by atoms with van der Waals surface area (Å²) in [5.41, 5.74) is 4.99. The Kier molecular flexibility index (Phi) is 4.60. The Morgan fingerprint density at radius 1 is 1.25 bits per heavy atom. The van der Waals surface area contributed by atoms with Gasteiger partial charge in [-0.2, -0.15) is 0 Å². The zero-order chi connectivity index (χ0) is 14.7. The molecule has 0 radical (unpaired) electrons. The summed E-state index contributed by atoms with van der Waals surface area (Å²) in [5.74, 6) is 6.04. The predicted octanol–water partition coefficient (Wildman–Crippen LogP) is 3.35. The number of rotatable bonds is 4. The number of hydrazine groups is 1. The first-order valence-corrected chi connectivity index (χ1v) is 6.50. The number of hydrogen-bond donors (Lipinski definition) is 2. The molecule has 0 amide bonds. The van der Waals surface area contributed by atoms with Crippen LogP contribution in [0.3, 0.4) is 0 Å².